The fourth-order valence-corrected chi connectivity index (χ4v) is 3.21. The van der Waals surface area contributed by atoms with Crippen molar-refractivity contribution in [3.8, 4) is 0 Å². The third kappa shape index (κ3) is 7.28. The Morgan fingerprint density at radius 2 is 1.23 bits per heavy atom. The van der Waals surface area contributed by atoms with Crippen LogP contribution in [0, 0.1) is 0 Å². The Labute approximate surface area is 136 Å². The first-order valence-corrected chi connectivity index (χ1v) is 9.28. The predicted octanol–water partition coefficient (Wildman–Crippen LogP) is 3.64. The van der Waals surface area contributed by atoms with Crippen molar-refractivity contribution in [1.82, 2.24) is 10.2 Å². The Hall–Kier alpha value is -1.06. The van der Waals surface area contributed by atoms with Gasteiger partial charge >= 0.3 is 11.8 Å². The Balaban J connectivity index is 2.47. The molecule has 0 heterocycles. The summed E-state index contributed by atoms with van der Waals surface area (Å²) in [5.41, 5.74) is 0. The number of amides is 2. The number of nitrogens with one attached hydrogen (secondary N) is 1. The zero-order valence-electron chi connectivity index (χ0n) is 14.5. The van der Waals surface area contributed by atoms with Crippen molar-refractivity contribution in [2.45, 2.75) is 90.5 Å². The summed E-state index contributed by atoms with van der Waals surface area (Å²) in [5.74, 6) is -0.795. The van der Waals surface area contributed by atoms with Crippen LogP contribution in [0.3, 0.4) is 0 Å². The predicted molar refractivity (Wildman–Crippen MR) is 90.6 cm³/mol. The van der Waals surface area contributed by atoms with Gasteiger partial charge in [-0.3, -0.25) is 9.59 Å². The van der Waals surface area contributed by atoms with Crippen LogP contribution in [0.2, 0.25) is 0 Å². The lowest BCUT2D eigenvalue weighted by molar-refractivity contribution is -0.146. The molecule has 128 valence electrons. The molecule has 0 spiro atoms. The van der Waals surface area contributed by atoms with Crippen LogP contribution >= 0.6 is 0 Å². The molecule has 22 heavy (non-hydrogen) atoms. The molecule has 0 unspecified atom stereocenters. The summed E-state index contributed by atoms with van der Waals surface area (Å²) < 4.78 is 0. The molecule has 0 aliphatic heterocycles. The summed E-state index contributed by atoms with van der Waals surface area (Å²) in [5, 5.41) is 2.99. The van der Waals surface area contributed by atoms with Gasteiger partial charge in [0.25, 0.3) is 0 Å². The summed E-state index contributed by atoms with van der Waals surface area (Å²) in [4.78, 5) is 25.8. The van der Waals surface area contributed by atoms with Crippen molar-refractivity contribution >= 4 is 11.8 Å². The minimum atomic E-state index is -0.416. The maximum absolute atomic E-state index is 12.1. The van der Waals surface area contributed by atoms with Crippen LogP contribution in [0.4, 0.5) is 0 Å². The average molecular weight is 310 g/mol. The van der Waals surface area contributed by atoms with Crippen molar-refractivity contribution < 1.29 is 9.59 Å². The van der Waals surface area contributed by atoms with Crippen molar-refractivity contribution in [2.24, 2.45) is 0 Å². The van der Waals surface area contributed by atoms with Crippen LogP contribution in [-0.2, 0) is 9.59 Å². The summed E-state index contributed by atoms with van der Waals surface area (Å²) in [6.45, 7) is 5.00. The number of carbonyl (C=O) groups is 2. The molecule has 0 atom stereocenters. The van der Waals surface area contributed by atoms with E-state index in [4.69, 9.17) is 0 Å². The highest BCUT2D eigenvalue weighted by Crippen LogP contribution is 2.17. The first-order chi connectivity index (χ1) is 10.7. The lowest BCUT2D eigenvalue weighted by Crippen LogP contribution is -2.46. The third-order valence-corrected chi connectivity index (χ3v) is 4.69. The first-order valence-electron chi connectivity index (χ1n) is 9.28. The maximum Gasteiger partial charge on any atom is 0.311 e. The van der Waals surface area contributed by atoms with Crippen LogP contribution in [0.1, 0.15) is 84.5 Å². The highest BCUT2D eigenvalue weighted by Gasteiger charge is 2.22. The van der Waals surface area contributed by atoms with Gasteiger partial charge in [0.2, 0.25) is 0 Å². The van der Waals surface area contributed by atoms with Gasteiger partial charge in [0.1, 0.15) is 0 Å². The molecule has 1 aliphatic rings. The van der Waals surface area contributed by atoms with Crippen LogP contribution in [0.15, 0.2) is 0 Å². The van der Waals surface area contributed by atoms with Crippen molar-refractivity contribution in [1.29, 1.82) is 0 Å². The van der Waals surface area contributed by atoms with Gasteiger partial charge in [-0.05, 0) is 26.7 Å². The molecular weight excluding hydrogens is 276 g/mol. The molecule has 0 aromatic heterocycles. The smallest absolute Gasteiger partial charge is 0.311 e. The monoisotopic (exact) mass is 310 g/mol. The zero-order chi connectivity index (χ0) is 16.2. The molecule has 2 amide bonds. The van der Waals surface area contributed by atoms with E-state index < -0.39 is 5.91 Å². The van der Waals surface area contributed by atoms with Crippen LogP contribution in [0.25, 0.3) is 0 Å². The van der Waals surface area contributed by atoms with E-state index in [1.807, 2.05) is 13.8 Å². The number of likely N-dealkylation sites (N-methyl/N-ethyl adjacent to an activating group) is 1. The van der Waals surface area contributed by atoms with Crippen LogP contribution in [-0.4, -0.2) is 35.8 Å². The molecule has 0 aromatic carbocycles. The molecule has 0 saturated heterocycles. The largest absolute Gasteiger partial charge is 0.345 e. The van der Waals surface area contributed by atoms with E-state index in [0.29, 0.717) is 13.1 Å². The number of rotatable bonds is 3. The van der Waals surface area contributed by atoms with E-state index in [-0.39, 0.29) is 11.9 Å². The van der Waals surface area contributed by atoms with E-state index in [9.17, 15) is 9.59 Å². The first kappa shape index (κ1) is 19.0. The van der Waals surface area contributed by atoms with Gasteiger partial charge in [0, 0.05) is 19.1 Å². The van der Waals surface area contributed by atoms with Crippen molar-refractivity contribution in [3.05, 3.63) is 0 Å². The molecular formula is C18H34N2O2. The number of nitrogens with zero attached hydrogens (tertiary/aromatic N) is 1. The molecule has 1 N–H and O–H groups in total. The third-order valence-electron chi connectivity index (χ3n) is 4.69. The Morgan fingerprint density at radius 1 is 0.818 bits per heavy atom. The molecule has 1 rings (SSSR count). The highest BCUT2D eigenvalue weighted by atomic mass is 16.2. The second-order valence-electron chi connectivity index (χ2n) is 6.41. The molecule has 1 saturated carbocycles. The minimum Gasteiger partial charge on any atom is -0.345 e. The molecule has 0 aromatic rings. The van der Waals surface area contributed by atoms with Crippen molar-refractivity contribution in [2.75, 3.05) is 13.1 Å². The van der Waals surface area contributed by atoms with Gasteiger partial charge in [-0.15, -0.1) is 0 Å². The molecule has 1 aliphatic carbocycles. The maximum atomic E-state index is 12.1. The second-order valence-corrected chi connectivity index (χ2v) is 6.41. The lowest BCUT2D eigenvalue weighted by Gasteiger charge is -2.22. The standard InChI is InChI=1S/C18H34N2O2/c1-3-20(4-2)18(22)17(21)19-16-14-12-10-8-6-5-7-9-11-13-15-16/h16H,3-15H2,1-2H3,(H,19,21). The molecule has 4 nitrogen and oxygen atoms in total. The minimum absolute atomic E-state index is 0.173. The molecule has 4 heteroatoms. The van der Waals surface area contributed by atoms with E-state index in [1.165, 1.54) is 44.9 Å². The fourth-order valence-electron chi connectivity index (χ4n) is 3.21. The van der Waals surface area contributed by atoms with Crippen LogP contribution < -0.4 is 5.32 Å². The van der Waals surface area contributed by atoms with Crippen LogP contribution in [0.5, 0.6) is 0 Å². The molecule has 1 fully saturated rings. The quantitative estimate of drug-likeness (QED) is 0.809. The summed E-state index contributed by atoms with van der Waals surface area (Å²) in [6.07, 6.45) is 13.5. The van der Waals surface area contributed by atoms with E-state index in [0.717, 1.165) is 25.7 Å². The second kappa shape index (κ2) is 11.5. The Morgan fingerprint density at radius 3 is 1.64 bits per heavy atom. The van der Waals surface area contributed by atoms with Gasteiger partial charge in [0.05, 0.1) is 0 Å². The summed E-state index contributed by atoms with van der Waals surface area (Å²) in [7, 11) is 0. The average Bonchev–Trinajstić information content (AvgIpc) is 2.51. The highest BCUT2D eigenvalue weighted by molar-refractivity contribution is 6.35. The Bertz CT molecular complexity index is 315. The van der Waals surface area contributed by atoms with E-state index >= 15 is 0 Å². The Kier molecular flexibility index (Phi) is 9.93. The fraction of sp³-hybridized carbons (Fsp3) is 0.889. The SMILES string of the molecule is CCN(CC)C(=O)C(=O)NC1CCCCCCCCCCC1. The van der Waals surface area contributed by atoms with Gasteiger partial charge < -0.3 is 10.2 Å². The summed E-state index contributed by atoms with van der Waals surface area (Å²) >= 11 is 0. The number of hydrogen-bond acceptors (Lipinski definition) is 2. The van der Waals surface area contributed by atoms with Gasteiger partial charge in [-0.25, -0.2) is 0 Å². The number of carbonyl (C=O) groups excluding carboxylic acids is 2. The van der Waals surface area contributed by atoms with Gasteiger partial charge in [0.15, 0.2) is 0 Å². The van der Waals surface area contributed by atoms with Crippen molar-refractivity contribution in [3.63, 3.8) is 0 Å². The summed E-state index contributed by atoms with van der Waals surface area (Å²) in [6, 6.07) is 0.173. The topological polar surface area (TPSA) is 49.4 Å². The van der Waals surface area contributed by atoms with Gasteiger partial charge in [-0.2, -0.15) is 0 Å². The molecule has 0 bridgehead atoms. The van der Waals surface area contributed by atoms with E-state index in [1.54, 1.807) is 4.90 Å². The lowest BCUT2D eigenvalue weighted by atomic mass is 9.98. The normalized spacial score (nSPS) is 18.8. The van der Waals surface area contributed by atoms with Gasteiger partial charge in [-0.1, -0.05) is 57.8 Å². The zero-order valence-corrected chi connectivity index (χ0v) is 14.5. The number of hydrogen-bond donors (Lipinski definition) is 1. The van der Waals surface area contributed by atoms with E-state index in [2.05, 4.69) is 5.32 Å². The molecule has 0 radical (unpaired) electrons.